The van der Waals surface area contributed by atoms with Gasteiger partial charge in [0, 0.05) is 31.7 Å². The van der Waals surface area contributed by atoms with Crippen molar-refractivity contribution >= 4 is 11.9 Å². The van der Waals surface area contributed by atoms with Crippen molar-refractivity contribution in [1.82, 2.24) is 15.1 Å². The number of hydrogen-bond donors (Lipinski definition) is 2. The minimum Gasteiger partial charge on any atom is -0.480 e. The van der Waals surface area contributed by atoms with Crippen molar-refractivity contribution in [2.45, 2.75) is 26.3 Å². The molecule has 1 aliphatic rings. The molecule has 0 radical (unpaired) electrons. The standard InChI is InChI=1S/C12H23N3O3/c1-12(2,3)13-10(16)8-14-4-6-15(7-5-14)9-11(17)18/h4-9H2,1-3H3,(H,13,16)(H,17,18). The highest BCUT2D eigenvalue weighted by Gasteiger charge is 2.21. The minimum atomic E-state index is -0.797. The number of carboxylic acid groups (broad SMARTS) is 1. The van der Waals surface area contributed by atoms with E-state index in [9.17, 15) is 9.59 Å². The third-order valence-corrected chi connectivity index (χ3v) is 2.71. The number of carbonyl (C=O) groups excluding carboxylic acids is 1. The summed E-state index contributed by atoms with van der Waals surface area (Å²) in [4.78, 5) is 26.2. The molecule has 18 heavy (non-hydrogen) atoms. The van der Waals surface area contributed by atoms with Crippen LogP contribution in [0.5, 0.6) is 0 Å². The predicted octanol–water partition coefficient (Wildman–Crippen LogP) is -0.397. The van der Waals surface area contributed by atoms with E-state index in [4.69, 9.17) is 5.11 Å². The van der Waals surface area contributed by atoms with Gasteiger partial charge in [0.25, 0.3) is 0 Å². The summed E-state index contributed by atoms with van der Waals surface area (Å²) >= 11 is 0. The lowest BCUT2D eigenvalue weighted by Crippen LogP contribution is -2.52. The molecular formula is C12H23N3O3. The Balaban J connectivity index is 2.27. The van der Waals surface area contributed by atoms with Gasteiger partial charge in [0.05, 0.1) is 13.1 Å². The van der Waals surface area contributed by atoms with Gasteiger partial charge in [-0.3, -0.25) is 19.4 Å². The SMILES string of the molecule is CC(C)(C)NC(=O)CN1CCN(CC(=O)O)CC1. The van der Waals surface area contributed by atoms with Gasteiger partial charge in [-0.25, -0.2) is 0 Å². The first kappa shape index (κ1) is 14.9. The molecule has 1 rings (SSSR count). The Morgan fingerprint density at radius 2 is 1.50 bits per heavy atom. The zero-order chi connectivity index (χ0) is 13.8. The number of carboxylic acids is 1. The second kappa shape index (κ2) is 6.15. The van der Waals surface area contributed by atoms with E-state index in [2.05, 4.69) is 10.2 Å². The van der Waals surface area contributed by atoms with E-state index in [0.29, 0.717) is 19.6 Å². The third-order valence-electron chi connectivity index (χ3n) is 2.71. The number of carbonyl (C=O) groups is 2. The lowest BCUT2D eigenvalue weighted by atomic mass is 10.1. The molecule has 6 nitrogen and oxygen atoms in total. The van der Waals surface area contributed by atoms with Crippen LogP contribution in [0.4, 0.5) is 0 Å². The Kier molecular flexibility index (Phi) is 5.10. The summed E-state index contributed by atoms with van der Waals surface area (Å²) in [5.41, 5.74) is -0.206. The topological polar surface area (TPSA) is 72.9 Å². The summed E-state index contributed by atoms with van der Waals surface area (Å²) in [5, 5.41) is 11.6. The van der Waals surface area contributed by atoms with E-state index >= 15 is 0 Å². The molecule has 0 aromatic heterocycles. The monoisotopic (exact) mass is 257 g/mol. The minimum absolute atomic E-state index is 0.0224. The Morgan fingerprint density at radius 3 is 1.89 bits per heavy atom. The molecule has 1 fully saturated rings. The molecule has 0 bridgehead atoms. The number of amides is 1. The van der Waals surface area contributed by atoms with Crippen LogP contribution in [0, 0.1) is 0 Å². The van der Waals surface area contributed by atoms with Gasteiger partial charge in [-0.05, 0) is 20.8 Å². The van der Waals surface area contributed by atoms with Crippen molar-refractivity contribution in [3.8, 4) is 0 Å². The molecule has 0 spiro atoms. The van der Waals surface area contributed by atoms with Crippen LogP contribution in [0.15, 0.2) is 0 Å². The first-order chi connectivity index (χ1) is 8.26. The molecule has 0 atom stereocenters. The second-order valence-electron chi connectivity index (χ2n) is 5.74. The second-order valence-corrected chi connectivity index (χ2v) is 5.74. The van der Waals surface area contributed by atoms with Crippen LogP contribution >= 0.6 is 0 Å². The van der Waals surface area contributed by atoms with Gasteiger partial charge >= 0.3 is 5.97 Å². The number of aliphatic carboxylic acids is 1. The van der Waals surface area contributed by atoms with E-state index in [1.54, 1.807) is 0 Å². The van der Waals surface area contributed by atoms with E-state index in [1.165, 1.54) is 0 Å². The maximum Gasteiger partial charge on any atom is 0.317 e. The van der Waals surface area contributed by atoms with Crippen LogP contribution in [0.25, 0.3) is 0 Å². The average molecular weight is 257 g/mol. The zero-order valence-electron chi connectivity index (χ0n) is 11.4. The van der Waals surface area contributed by atoms with Crippen molar-refractivity contribution in [2.24, 2.45) is 0 Å². The number of piperazine rings is 1. The summed E-state index contributed by atoms with van der Waals surface area (Å²) in [6.45, 7) is 9.22. The summed E-state index contributed by atoms with van der Waals surface area (Å²) in [5.74, 6) is -0.775. The fourth-order valence-electron chi connectivity index (χ4n) is 1.96. The number of nitrogens with zero attached hydrogens (tertiary/aromatic N) is 2. The molecule has 6 heteroatoms. The first-order valence-corrected chi connectivity index (χ1v) is 6.24. The van der Waals surface area contributed by atoms with E-state index in [0.717, 1.165) is 13.1 Å². The van der Waals surface area contributed by atoms with Crippen LogP contribution in [0.2, 0.25) is 0 Å². The number of hydrogen-bond acceptors (Lipinski definition) is 4. The van der Waals surface area contributed by atoms with Gasteiger partial charge in [0.1, 0.15) is 0 Å². The van der Waals surface area contributed by atoms with E-state index < -0.39 is 5.97 Å². The molecule has 2 N–H and O–H groups in total. The fourth-order valence-corrected chi connectivity index (χ4v) is 1.96. The Hall–Kier alpha value is -1.14. The van der Waals surface area contributed by atoms with Crippen molar-refractivity contribution in [1.29, 1.82) is 0 Å². The quantitative estimate of drug-likeness (QED) is 0.717. The molecule has 0 saturated carbocycles. The van der Waals surface area contributed by atoms with Gasteiger partial charge in [-0.1, -0.05) is 0 Å². The van der Waals surface area contributed by atoms with Gasteiger partial charge in [-0.15, -0.1) is 0 Å². The highest BCUT2D eigenvalue weighted by molar-refractivity contribution is 5.78. The first-order valence-electron chi connectivity index (χ1n) is 6.24. The maximum absolute atomic E-state index is 11.7. The number of nitrogens with one attached hydrogen (secondary N) is 1. The summed E-state index contributed by atoms with van der Waals surface area (Å²) in [6, 6.07) is 0. The van der Waals surface area contributed by atoms with Crippen molar-refractivity contribution in [2.75, 3.05) is 39.3 Å². The van der Waals surface area contributed by atoms with Gasteiger partial charge in [-0.2, -0.15) is 0 Å². The molecule has 1 aliphatic heterocycles. The highest BCUT2D eigenvalue weighted by Crippen LogP contribution is 2.03. The van der Waals surface area contributed by atoms with Crippen LogP contribution < -0.4 is 5.32 Å². The molecule has 0 aliphatic carbocycles. The normalized spacial score (nSPS) is 18.6. The molecule has 0 aromatic carbocycles. The molecule has 1 amide bonds. The van der Waals surface area contributed by atoms with Crippen molar-refractivity contribution < 1.29 is 14.7 Å². The Morgan fingerprint density at radius 1 is 1.06 bits per heavy atom. The summed E-state index contributed by atoms with van der Waals surface area (Å²) in [6.07, 6.45) is 0. The van der Waals surface area contributed by atoms with Crippen molar-refractivity contribution in [3.05, 3.63) is 0 Å². The van der Waals surface area contributed by atoms with E-state index in [-0.39, 0.29) is 18.0 Å². The van der Waals surface area contributed by atoms with Gasteiger partial charge in [0.2, 0.25) is 5.91 Å². The molecule has 1 heterocycles. The molecule has 0 aromatic rings. The molecule has 1 saturated heterocycles. The Bertz CT molecular complexity index is 304. The molecule has 104 valence electrons. The predicted molar refractivity (Wildman–Crippen MR) is 68.4 cm³/mol. The average Bonchev–Trinajstić information content (AvgIpc) is 2.17. The van der Waals surface area contributed by atoms with Crippen LogP contribution in [-0.2, 0) is 9.59 Å². The Labute approximate surface area is 108 Å². The molecule has 0 unspecified atom stereocenters. The van der Waals surface area contributed by atoms with Gasteiger partial charge < -0.3 is 10.4 Å². The summed E-state index contributed by atoms with van der Waals surface area (Å²) in [7, 11) is 0. The molecular weight excluding hydrogens is 234 g/mol. The van der Waals surface area contributed by atoms with Gasteiger partial charge in [0.15, 0.2) is 0 Å². The fraction of sp³-hybridized carbons (Fsp3) is 0.833. The zero-order valence-corrected chi connectivity index (χ0v) is 11.4. The maximum atomic E-state index is 11.7. The van der Waals surface area contributed by atoms with E-state index in [1.807, 2.05) is 25.7 Å². The third kappa shape index (κ3) is 5.97. The largest absolute Gasteiger partial charge is 0.480 e. The lowest BCUT2D eigenvalue weighted by Gasteiger charge is -2.34. The smallest absolute Gasteiger partial charge is 0.317 e. The van der Waals surface area contributed by atoms with Crippen LogP contribution in [0.1, 0.15) is 20.8 Å². The number of rotatable bonds is 4. The van der Waals surface area contributed by atoms with Crippen molar-refractivity contribution in [3.63, 3.8) is 0 Å². The highest BCUT2D eigenvalue weighted by atomic mass is 16.4. The summed E-state index contributed by atoms with van der Waals surface area (Å²) < 4.78 is 0. The van der Waals surface area contributed by atoms with Crippen LogP contribution in [-0.4, -0.2) is 71.6 Å². The lowest BCUT2D eigenvalue weighted by molar-refractivity contribution is -0.139. The van der Waals surface area contributed by atoms with Crippen LogP contribution in [0.3, 0.4) is 0 Å².